The zero-order valence-electron chi connectivity index (χ0n) is 14.1. The largest absolute Gasteiger partial charge is 0.322 e. The number of nitrogens with one attached hydrogen (secondary N) is 2. The molecule has 0 radical (unpaired) electrons. The Labute approximate surface area is 156 Å². The molecule has 0 saturated carbocycles. The van der Waals surface area contributed by atoms with Gasteiger partial charge in [-0.05, 0) is 55.0 Å². The van der Waals surface area contributed by atoms with Crippen molar-refractivity contribution < 1.29 is 9.59 Å². The Hall–Kier alpha value is -3.11. The van der Waals surface area contributed by atoms with Gasteiger partial charge in [0.25, 0.3) is 11.8 Å². The van der Waals surface area contributed by atoms with Gasteiger partial charge in [-0.3, -0.25) is 9.59 Å². The van der Waals surface area contributed by atoms with E-state index in [-0.39, 0.29) is 11.8 Å². The standard InChI is InChI=1S/C21H17ClN2O2/c1-14-6-2-3-7-17(14)20(25)23-15-10-12-16(13-11-15)24-21(26)18-8-4-5-9-19(18)22/h2-13H,1H3,(H,23,25)(H,24,26). The minimum absolute atomic E-state index is 0.170. The molecule has 0 aliphatic rings. The zero-order valence-corrected chi connectivity index (χ0v) is 14.9. The normalized spacial score (nSPS) is 10.2. The summed E-state index contributed by atoms with van der Waals surface area (Å²) >= 11 is 6.03. The van der Waals surface area contributed by atoms with E-state index in [1.807, 2.05) is 25.1 Å². The van der Waals surface area contributed by atoms with Gasteiger partial charge in [-0.25, -0.2) is 0 Å². The summed E-state index contributed by atoms with van der Waals surface area (Å²) in [7, 11) is 0. The molecule has 0 aliphatic heterocycles. The van der Waals surface area contributed by atoms with Crippen LogP contribution in [0.2, 0.25) is 5.02 Å². The molecule has 0 fully saturated rings. The van der Waals surface area contributed by atoms with E-state index in [1.54, 1.807) is 54.6 Å². The molecule has 0 aromatic heterocycles. The topological polar surface area (TPSA) is 58.2 Å². The number of hydrogen-bond acceptors (Lipinski definition) is 2. The highest BCUT2D eigenvalue weighted by molar-refractivity contribution is 6.34. The summed E-state index contributed by atoms with van der Waals surface area (Å²) in [4.78, 5) is 24.6. The smallest absolute Gasteiger partial charge is 0.257 e. The second-order valence-corrected chi connectivity index (χ2v) is 6.19. The fourth-order valence-electron chi connectivity index (χ4n) is 2.51. The molecular formula is C21H17ClN2O2. The fourth-order valence-corrected chi connectivity index (χ4v) is 2.73. The molecule has 2 N–H and O–H groups in total. The lowest BCUT2D eigenvalue weighted by atomic mass is 10.1. The number of hydrogen-bond donors (Lipinski definition) is 2. The summed E-state index contributed by atoms with van der Waals surface area (Å²) in [6.45, 7) is 1.89. The van der Waals surface area contributed by atoms with Crippen LogP contribution in [0, 0.1) is 6.92 Å². The van der Waals surface area contributed by atoms with Crippen molar-refractivity contribution in [3.63, 3.8) is 0 Å². The predicted octanol–water partition coefficient (Wildman–Crippen LogP) is 5.15. The van der Waals surface area contributed by atoms with Crippen LogP contribution in [-0.2, 0) is 0 Å². The van der Waals surface area contributed by atoms with Crippen molar-refractivity contribution in [1.29, 1.82) is 0 Å². The lowest BCUT2D eigenvalue weighted by Gasteiger charge is -2.10. The molecule has 3 rings (SSSR count). The van der Waals surface area contributed by atoms with E-state index in [4.69, 9.17) is 11.6 Å². The molecule has 0 atom stereocenters. The maximum Gasteiger partial charge on any atom is 0.257 e. The Kier molecular flexibility index (Phi) is 5.34. The monoisotopic (exact) mass is 364 g/mol. The summed E-state index contributed by atoms with van der Waals surface area (Å²) in [5.74, 6) is -0.455. The number of aryl methyl sites for hydroxylation is 1. The summed E-state index contributed by atoms with van der Waals surface area (Å²) in [5, 5.41) is 6.03. The van der Waals surface area contributed by atoms with Crippen LogP contribution >= 0.6 is 11.6 Å². The molecule has 0 saturated heterocycles. The van der Waals surface area contributed by atoms with Crippen LogP contribution in [-0.4, -0.2) is 11.8 Å². The first-order valence-electron chi connectivity index (χ1n) is 8.07. The van der Waals surface area contributed by atoms with Crippen LogP contribution in [0.25, 0.3) is 0 Å². The average molecular weight is 365 g/mol. The van der Waals surface area contributed by atoms with Gasteiger partial charge < -0.3 is 10.6 Å². The summed E-state index contributed by atoms with van der Waals surface area (Å²) in [5.41, 5.74) is 3.21. The zero-order chi connectivity index (χ0) is 18.5. The first kappa shape index (κ1) is 17.7. The Morgan fingerprint density at radius 1 is 0.692 bits per heavy atom. The van der Waals surface area contributed by atoms with Gasteiger partial charge in [-0.1, -0.05) is 41.9 Å². The van der Waals surface area contributed by atoms with E-state index in [1.165, 1.54) is 0 Å². The molecule has 5 heteroatoms. The van der Waals surface area contributed by atoms with E-state index in [2.05, 4.69) is 10.6 Å². The number of amides is 2. The highest BCUT2D eigenvalue weighted by Gasteiger charge is 2.11. The number of benzene rings is 3. The molecular weight excluding hydrogens is 348 g/mol. The van der Waals surface area contributed by atoms with Gasteiger partial charge in [0.05, 0.1) is 10.6 Å². The Bertz CT molecular complexity index is 874. The van der Waals surface area contributed by atoms with E-state index >= 15 is 0 Å². The van der Waals surface area contributed by atoms with Crippen molar-refractivity contribution in [1.82, 2.24) is 0 Å². The highest BCUT2D eigenvalue weighted by atomic mass is 35.5. The number of halogens is 1. The first-order chi connectivity index (χ1) is 12.5. The molecule has 0 spiro atoms. The van der Waals surface area contributed by atoms with Crippen LogP contribution in [0.4, 0.5) is 11.4 Å². The van der Waals surface area contributed by atoms with E-state index in [0.717, 1.165) is 5.56 Å². The van der Waals surface area contributed by atoms with Gasteiger partial charge in [-0.2, -0.15) is 0 Å². The van der Waals surface area contributed by atoms with Crippen LogP contribution in [0.1, 0.15) is 26.3 Å². The van der Waals surface area contributed by atoms with Crippen molar-refractivity contribution in [3.8, 4) is 0 Å². The van der Waals surface area contributed by atoms with Crippen molar-refractivity contribution in [2.24, 2.45) is 0 Å². The highest BCUT2D eigenvalue weighted by Crippen LogP contribution is 2.19. The van der Waals surface area contributed by atoms with Gasteiger partial charge in [0, 0.05) is 16.9 Å². The molecule has 130 valence electrons. The lowest BCUT2D eigenvalue weighted by Crippen LogP contribution is -2.14. The molecule has 3 aromatic carbocycles. The molecule has 0 aliphatic carbocycles. The maximum absolute atomic E-state index is 12.3. The van der Waals surface area contributed by atoms with E-state index in [0.29, 0.717) is 27.5 Å². The van der Waals surface area contributed by atoms with E-state index in [9.17, 15) is 9.59 Å². The first-order valence-corrected chi connectivity index (χ1v) is 8.45. The van der Waals surface area contributed by atoms with Crippen molar-refractivity contribution in [3.05, 3.63) is 94.5 Å². The summed E-state index contributed by atoms with van der Waals surface area (Å²) in [6, 6.07) is 21.2. The molecule has 26 heavy (non-hydrogen) atoms. The second kappa shape index (κ2) is 7.85. The summed E-state index contributed by atoms with van der Waals surface area (Å²) in [6.07, 6.45) is 0. The van der Waals surface area contributed by atoms with Gasteiger partial charge >= 0.3 is 0 Å². The third-order valence-corrected chi connectivity index (χ3v) is 4.24. The minimum Gasteiger partial charge on any atom is -0.322 e. The third-order valence-electron chi connectivity index (χ3n) is 3.91. The number of carbonyl (C=O) groups is 2. The van der Waals surface area contributed by atoms with Crippen molar-refractivity contribution in [2.75, 3.05) is 10.6 Å². The van der Waals surface area contributed by atoms with Gasteiger partial charge in [0.2, 0.25) is 0 Å². The number of rotatable bonds is 4. The minimum atomic E-state index is -0.285. The molecule has 0 bridgehead atoms. The SMILES string of the molecule is Cc1ccccc1C(=O)Nc1ccc(NC(=O)c2ccccc2Cl)cc1. The number of carbonyl (C=O) groups excluding carboxylic acids is 2. The quantitative estimate of drug-likeness (QED) is 0.672. The molecule has 2 amide bonds. The van der Waals surface area contributed by atoms with Gasteiger partial charge in [0.15, 0.2) is 0 Å². The molecule has 3 aromatic rings. The second-order valence-electron chi connectivity index (χ2n) is 5.78. The maximum atomic E-state index is 12.3. The van der Waals surface area contributed by atoms with Crippen molar-refractivity contribution in [2.45, 2.75) is 6.92 Å². The van der Waals surface area contributed by atoms with Gasteiger partial charge in [-0.15, -0.1) is 0 Å². The average Bonchev–Trinajstić information content (AvgIpc) is 2.64. The number of anilines is 2. The summed E-state index contributed by atoms with van der Waals surface area (Å²) < 4.78 is 0. The third kappa shape index (κ3) is 4.10. The van der Waals surface area contributed by atoms with Crippen LogP contribution < -0.4 is 10.6 Å². The van der Waals surface area contributed by atoms with Crippen LogP contribution in [0.15, 0.2) is 72.8 Å². The lowest BCUT2D eigenvalue weighted by molar-refractivity contribution is 0.101. The molecule has 0 heterocycles. The van der Waals surface area contributed by atoms with Crippen LogP contribution in [0.5, 0.6) is 0 Å². The van der Waals surface area contributed by atoms with E-state index < -0.39 is 0 Å². The van der Waals surface area contributed by atoms with Gasteiger partial charge in [0.1, 0.15) is 0 Å². The van der Waals surface area contributed by atoms with Crippen LogP contribution in [0.3, 0.4) is 0 Å². The van der Waals surface area contributed by atoms with Crippen molar-refractivity contribution >= 4 is 34.8 Å². The molecule has 0 unspecified atom stereocenters. The Balaban J connectivity index is 1.67. The molecule has 4 nitrogen and oxygen atoms in total. The predicted molar refractivity (Wildman–Crippen MR) is 105 cm³/mol. The fraction of sp³-hybridized carbons (Fsp3) is 0.0476. The Morgan fingerprint density at radius 2 is 1.15 bits per heavy atom. The Morgan fingerprint density at radius 3 is 1.69 bits per heavy atom.